The number of aromatic nitrogens is 1. The van der Waals surface area contributed by atoms with Crippen LogP contribution in [-0.2, 0) is 0 Å². The second kappa shape index (κ2) is 5.43. The molecular weight excluding hydrogens is 276 g/mol. The SMILES string of the molecule is Cc1ccc(C(=O)N2CCC[C@@H](c3nccs3)C2)s1. The Bertz CT molecular complexity index is 562. The van der Waals surface area contributed by atoms with Crippen molar-refractivity contribution in [1.82, 2.24) is 9.88 Å². The predicted molar refractivity (Wildman–Crippen MR) is 79.0 cm³/mol. The van der Waals surface area contributed by atoms with Crippen LogP contribution in [0.1, 0.15) is 38.3 Å². The van der Waals surface area contributed by atoms with E-state index >= 15 is 0 Å². The number of carbonyl (C=O) groups is 1. The molecule has 100 valence electrons. The van der Waals surface area contributed by atoms with Gasteiger partial charge in [-0.1, -0.05) is 0 Å². The number of thiophene rings is 1. The maximum Gasteiger partial charge on any atom is 0.263 e. The van der Waals surface area contributed by atoms with Gasteiger partial charge in [-0.05, 0) is 31.9 Å². The summed E-state index contributed by atoms with van der Waals surface area (Å²) in [4.78, 5) is 20.9. The first kappa shape index (κ1) is 12.8. The van der Waals surface area contributed by atoms with Crippen LogP contribution in [0.25, 0.3) is 0 Å². The zero-order chi connectivity index (χ0) is 13.2. The first-order valence-corrected chi connectivity index (χ1v) is 8.19. The zero-order valence-corrected chi connectivity index (χ0v) is 12.5. The Morgan fingerprint density at radius 2 is 2.37 bits per heavy atom. The van der Waals surface area contributed by atoms with E-state index in [1.54, 1.807) is 22.7 Å². The van der Waals surface area contributed by atoms with Crippen molar-refractivity contribution in [3.63, 3.8) is 0 Å². The van der Waals surface area contributed by atoms with Gasteiger partial charge in [-0.25, -0.2) is 4.98 Å². The quantitative estimate of drug-likeness (QED) is 0.848. The van der Waals surface area contributed by atoms with Crippen molar-refractivity contribution < 1.29 is 4.79 Å². The Morgan fingerprint density at radius 1 is 1.47 bits per heavy atom. The fraction of sp³-hybridized carbons (Fsp3) is 0.429. The highest BCUT2D eigenvalue weighted by Crippen LogP contribution is 2.29. The number of piperidine rings is 1. The molecule has 0 saturated carbocycles. The molecule has 2 aromatic rings. The highest BCUT2D eigenvalue weighted by Gasteiger charge is 2.27. The van der Waals surface area contributed by atoms with E-state index in [0.717, 1.165) is 30.8 Å². The van der Waals surface area contributed by atoms with Gasteiger partial charge in [-0.3, -0.25) is 4.79 Å². The minimum atomic E-state index is 0.180. The standard InChI is InChI=1S/C14H16N2OS2/c1-10-4-5-12(19-10)14(17)16-7-2-3-11(9-16)13-15-6-8-18-13/h4-6,8,11H,2-3,7,9H2,1H3/t11-/m1/s1. The number of amides is 1. The van der Waals surface area contributed by atoms with E-state index in [-0.39, 0.29) is 5.91 Å². The monoisotopic (exact) mass is 292 g/mol. The first-order valence-electron chi connectivity index (χ1n) is 6.49. The number of hydrogen-bond donors (Lipinski definition) is 0. The number of aryl methyl sites for hydroxylation is 1. The third-order valence-electron chi connectivity index (χ3n) is 3.46. The lowest BCUT2D eigenvalue weighted by molar-refractivity contribution is 0.0712. The van der Waals surface area contributed by atoms with Crippen LogP contribution in [0.15, 0.2) is 23.7 Å². The van der Waals surface area contributed by atoms with Crippen molar-refractivity contribution in [2.45, 2.75) is 25.7 Å². The molecule has 3 rings (SSSR count). The van der Waals surface area contributed by atoms with Gasteiger partial charge in [0.2, 0.25) is 0 Å². The Kier molecular flexibility index (Phi) is 3.66. The van der Waals surface area contributed by atoms with Crippen LogP contribution in [0.3, 0.4) is 0 Å². The summed E-state index contributed by atoms with van der Waals surface area (Å²) in [6.07, 6.45) is 4.06. The van der Waals surface area contributed by atoms with Gasteiger partial charge in [0.15, 0.2) is 0 Å². The molecule has 1 atom stereocenters. The van der Waals surface area contributed by atoms with Crippen LogP contribution in [0.4, 0.5) is 0 Å². The van der Waals surface area contributed by atoms with Gasteiger partial charge in [0.05, 0.1) is 9.88 Å². The normalized spacial score (nSPS) is 19.6. The Labute approximate surface area is 120 Å². The molecule has 0 spiro atoms. The highest BCUT2D eigenvalue weighted by atomic mass is 32.1. The number of thiazole rings is 1. The maximum atomic E-state index is 12.4. The third kappa shape index (κ3) is 2.72. The smallest absolute Gasteiger partial charge is 0.263 e. The van der Waals surface area contributed by atoms with Gasteiger partial charge in [-0.15, -0.1) is 22.7 Å². The molecule has 3 heterocycles. The average molecular weight is 292 g/mol. The summed E-state index contributed by atoms with van der Waals surface area (Å²) in [5.41, 5.74) is 0. The summed E-state index contributed by atoms with van der Waals surface area (Å²) in [6.45, 7) is 3.72. The van der Waals surface area contributed by atoms with Crippen molar-refractivity contribution in [1.29, 1.82) is 0 Å². The molecule has 1 amide bonds. The number of rotatable bonds is 2. The lowest BCUT2D eigenvalue weighted by Gasteiger charge is -2.31. The van der Waals surface area contributed by atoms with Gasteiger partial charge in [0.25, 0.3) is 5.91 Å². The van der Waals surface area contributed by atoms with Crippen LogP contribution in [0.5, 0.6) is 0 Å². The lowest BCUT2D eigenvalue weighted by atomic mass is 9.98. The molecule has 0 radical (unpaired) electrons. The molecular formula is C14H16N2OS2. The van der Waals surface area contributed by atoms with E-state index in [0.29, 0.717) is 5.92 Å². The Hall–Kier alpha value is -1.20. The van der Waals surface area contributed by atoms with E-state index in [1.165, 1.54) is 9.88 Å². The largest absolute Gasteiger partial charge is 0.337 e. The summed E-state index contributed by atoms with van der Waals surface area (Å²) in [6, 6.07) is 3.95. The minimum absolute atomic E-state index is 0.180. The van der Waals surface area contributed by atoms with Crippen molar-refractivity contribution in [3.05, 3.63) is 38.5 Å². The minimum Gasteiger partial charge on any atom is -0.337 e. The Balaban J connectivity index is 1.73. The van der Waals surface area contributed by atoms with E-state index in [1.807, 2.05) is 35.5 Å². The van der Waals surface area contributed by atoms with Crippen molar-refractivity contribution in [2.75, 3.05) is 13.1 Å². The summed E-state index contributed by atoms with van der Waals surface area (Å²) in [5.74, 6) is 0.595. The number of carbonyl (C=O) groups excluding carboxylic acids is 1. The van der Waals surface area contributed by atoms with E-state index in [2.05, 4.69) is 4.98 Å². The van der Waals surface area contributed by atoms with Gasteiger partial charge >= 0.3 is 0 Å². The van der Waals surface area contributed by atoms with Crippen LogP contribution < -0.4 is 0 Å². The average Bonchev–Trinajstić information content (AvgIpc) is 3.09. The third-order valence-corrected chi connectivity index (χ3v) is 5.39. The first-order chi connectivity index (χ1) is 9.24. The number of likely N-dealkylation sites (tertiary alicyclic amines) is 1. The molecule has 5 heteroatoms. The molecule has 0 aromatic carbocycles. The van der Waals surface area contributed by atoms with Crippen molar-refractivity contribution >= 4 is 28.6 Å². The fourth-order valence-electron chi connectivity index (χ4n) is 2.50. The molecule has 3 nitrogen and oxygen atoms in total. The topological polar surface area (TPSA) is 33.2 Å². The molecule has 0 N–H and O–H groups in total. The van der Waals surface area contributed by atoms with Crippen LogP contribution >= 0.6 is 22.7 Å². The van der Waals surface area contributed by atoms with Crippen LogP contribution in [0, 0.1) is 6.92 Å². The van der Waals surface area contributed by atoms with Gasteiger partial charge in [0.1, 0.15) is 0 Å². The molecule has 1 fully saturated rings. The zero-order valence-electron chi connectivity index (χ0n) is 10.8. The second-order valence-corrected chi connectivity index (χ2v) is 7.09. The lowest BCUT2D eigenvalue weighted by Crippen LogP contribution is -2.38. The van der Waals surface area contributed by atoms with E-state index in [4.69, 9.17) is 0 Å². The van der Waals surface area contributed by atoms with Crippen molar-refractivity contribution in [3.8, 4) is 0 Å². The van der Waals surface area contributed by atoms with E-state index in [9.17, 15) is 4.79 Å². The fourth-order valence-corrected chi connectivity index (χ4v) is 4.11. The molecule has 0 bridgehead atoms. The molecule has 19 heavy (non-hydrogen) atoms. The van der Waals surface area contributed by atoms with Crippen LogP contribution in [0.2, 0.25) is 0 Å². The summed E-state index contributed by atoms with van der Waals surface area (Å²) < 4.78 is 0. The predicted octanol–water partition coefficient (Wildman–Crippen LogP) is 3.53. The van der Waals surface area contributed by atoms with Gasteiger partial charge < -0.3 is 4.90 Å². The molecule has 1 aliphatic rings. The Morgan fingerprint density at radius 3 is 3.05 bits per heavy atom. The molecule has 1 saturated heterocycles. The molecule has 2 aromatic heterocycles. The second-order valence-electron chi connectivity index (χ2n) is 4.87. The highest BCUT2D eigenvalue weighted by molar-refractivity contribution is 7.13. The molecule has 1 aliphatic heterocycles. The van der Waals surface area contributed by atoms with Crippen LogP contribution in [-0.4, -0.2) is 28.9 Å². The summed E-state index contributed by atoms with van der Waals surface area (Å²) in [7, 11) is 0. The maximum absolute atomic E-state index is 12.4. The molecule has 0 aliphatic carbocycles. The summed E-state index contributed by atoms with van der Waals surface area (Å²) >= 11 is 3.28. The molecule has 0 unspecified atom stereocenters. The number of nitrogens with zero attached hydrogens (tertiary/aromatic N) is 2. The van der Waals surface area contributed by atoms with Gasteiger partial charge in [0, 0.05) is 35.5 Å². The summed E-state index contributed by atoms with van der Waals surface area (Å²) in [5, 5.41) is 3.18. The van der Waals surface area contributed by atoms with E-state index < -0.39 is 0 Å². The van der Waals surface area contributed by atoms with Crippen molar-refractivity contribution in [2.24, 2.45) is 0 Å². The number of hydrogen-bond acceptors (Lipinski definition) is 4. The van der Waals surface area contributed by atoms with Gasteiger partial charge in [-0.2, -0.15) is 0 Å².